The Labute approximate surface area is 202 Å². The molecule has 4 rings (SSSR count). The Hall–Kier alpha value is -4.67. The Morgan fingerprint density at radius 2 is 1.67 bits per heavy atom. The fourth-order valence-corrected chi connectivity index (χ4v) is 3.93. The summed E-state index contributed by atoms with van der Waals surface area (Å²) in [6.07, 6.45) is -4.71. The number of aliphatic hydroxyl groups excluding tert-OH is 1. The van der Waals surface area contributed by atoms with E-state index in [0.717, 1.165) is 35.2 Å². The molecule has 1 N–H and O–H groups in total. The largest absolute Gasteiger partial charge is 0.507 e. The average molecular weight is 498 g/mol. The van der Waals surface area contributed by atoms with Gasteiger partial charge in [-0.2, -0.15) is 13.2 Å². The number of rotatable bonds is 5. The van der Waals surface area contributed by atoms with Crippen LogP contribution in [0, 0.1) is 10.1 Å². The van der Waals surface area contributed by atoms with Gasteiger partial charge in [-0.15, -0.1) is 0 Å². The van der Waals surface area contributed by atoms with Gasteiger partial charge >= 0.3 is 6.18 Å². The van der Waals surface area contributed by atoms with E-state index in [1.165, 1.54) is 49.6 Å². The van der Waals surface area contributed by atoms with E-state index in [2.05, 4.69) is 0 Å². The van der Waals surface area contributed by atoms with E-state index < -0.39 is 40.2 Å². The number of hydrogen-bond acceptors (Lipinski definition) is 6. The van der Waals surface area contributed by atoms with Crippen molar-refractivity contribution in [3.63, 3.8) is 0 Å². The minimum Gasteiger partial charge on any atom is -0.507 e. The van der Waals surface area contributed by atoms with Crippen LogP contribution in [0.2, 0.25) is 0 Å². The van der Waals surface area contributed by atoms with Crippen LogP contribution >= 0.6 is 0 Å². The topological polar surface area (TPSA) is 110 Å². The van der Waals surface area contributed by atoms with E-state index in [0.29, 0.717) is 5.75 Å². The van der Waals surface area contributed by atoms with E-state index in [4.69, 9.17) is 4.74 Å². The molecule has 1 fully saturated rings. The van der Waals surface area contributed by atoms with Crippen molar-refractivity contribution < 1.29 is 37.5 Å². The minimum absolute atomic E-state index is 0.157. The van der Waals surface area contributed by atoms with Crippen molar-refractivity contribution in [1.82, 2.24) is 0 Å². The first-order valence-electron chi connectivity index (χ1n) is 10.4. The zero-order valence-electron chi connectivity index (χ0n) is 18.5. The summed E-state index contributed by atoms with van der Waals surface area (Å²) >= 11 is 0. The molecular formula is C25H17F3N2O6. The third kappa shape index (κ3) is 4.38. The molecular weight excluding hydrogens is 481 g/mol. The second-order valence-electron chi connectivity index (χ2n) is 7.79. The van der Waals surface area contributed by atoms with Gasteiger partial charge in [0.25, 0.3) is 17.4 Å². The lowest BCUT2D eigenvalue weighted by atomic mass is 9.95. The summed E-state index contributed by atoms with van der Waals surface area (Å²) in [6.45, 7) is 0. The molecule has 0 radical (unpaired) electrons. The Morgan fingerprint density at radius 3 is 2.22 bits per heavy atom. The molecule has 184 valence electrons. The molecule has 8 nitrogen and oxygen atoms in total. The molecule has 1 heterocycles. The zero-order valence-corrected chi connectivity index (χ0v) is 18.5. The van der Waals surface area contributed by atoms with Gasteiger partial charge in [0.15, 0.2) is 0 Å². The van der Waals surface area contributed by atoms with Crippen molar-refractivity contribution in [3.8, 4) is 5.75 Å². The van der Waals surface area contributed by atoms with Crippen LogP contribution in [0.5, 0.6) is 5.75 Å². The van der Waals surface area contributed by atoms with Gasteiger partial charge in [0, 0.05) is 23.4 Å². The Bertz CT molecular complexity index is 1380. The highest BCUT2D eigenvalue weighted by Crippen LogP contribution is 2.43. The molecule has 1 amide bonds. The number of hydrogen-bond donors (Lipinski definition) is 1. The lowest BCUT2D eigenvalue weighted by Gasteiger charge is -2.26. The Balaban J connectivity index is 1.93. The predicted molar refractivity (Wildman–Crippen MR) is 122 cm³/mol. The number of alkyl halides is 3. The van der Waals surface area contributed by atoms with E-state index >= 15 is 0 Å². The Kier molecular flexibility index (Phi) is 6.23. The van der Waals surface area contributed by atoms with E-state index in [-0.39, 0.29) is 28.1 Å². The maximum Gasteiger partial charge on any atom is 0.416 e. The monoisotopic (exact) mass is 498 g/mol. The van der Waals surface area contributed by atoms with E-state index in [1.807, 2.05) is 0 Å². The van der Waals surface area contributed by atoms with Crippen molar-refractivity contribution in [3.05, 3.63) is 105 Å². The predicted octanol–water partition coefficient (Wildman–Crippen LogP) is 5.25. The highest BCUT2D eigenvalue weighted by molar-refractivity contribution is 6.51. The van der Waals surface area contributed by atoms with Crippen LogP contribution in [0.15, 0.2) is 78.4 Å². The summed E-state index contributed by atoms with van der Waals surface area (Å²) < 4.78 is 45.2. The molecule has 11 heteroatoms. The molecule has 1 atom stereocenters. The van der Waals surface area contributed by atoms with Crippen LogP contribution in [0.4, 0.5) is 24.5 Å². The normalized spacial score (nSPS) is 17.3. The van der Waals surface area contributed by atoms with Crippen LogP contribution < -0.4 is 9.64 Å². The standard InChI is InChI=1S/C25H17F3N2O6/c1-36-19-11-7-15(8-12-19)22(31)20-21(14-5-9-17(10-6-14)30(34)35)29(24(33)23(20)32)18-4-2-3-16(13-18)25(26,27)28/h2-13,21,31H,1H3/b22-20+. The van der Waals surface area contributed by atoms with Gasteiger partial charge < -0.3 is 9.84 Å². The SMILES string of the molecule is COc1ccc(/C(O)=C2\C(=O)C(=O)N(c3cccc(C(F)(F)F)c3)C2c2ccc([N+](=O)[O-])cc2)cc1. The number of methoxy groups -OCH3 is 1. The van der Waals surface area contributed by atoms with E-state index in [9.17, 15) is 38.0 Å². The number of Topliss-reactive ketones (excluding diaryl/α,β-unsaturated/α-hetero) is 1. The summed E-state index contributed by atoms with van der Waals surface area (Å²) in [6, 6.07) is 13.2. The number of aliphatic hydroxyl groups is 1. The molecule has 1 unspecified atom stereocenters. The third-order valence-corrected chi connectivity index (χ3v) is 5.68. The first-order chi connectivity index (χ1) is 17.0. The number of nitrogens with zero attached hydrogens (tertiary/aromatic N) is 2. The maximum atomic E-state index is 13.4. The molecule has 0 aliphatic carbocycles. The van der Waals surface area contributed by atoms with Crippen LogP contribution in [0.25, 0.3) is 5.76 Å². The number of ketones is 1. The van der Waals surface area contributed by atoms with Crippen molar-refractivity contribution in [1.29, 1.82) is 0 Å². The second-order valence-corrected chi connectivity index (χ2v) is 7.79. The number of benzene rings is 3. The molecule has 0 aromatic heterocycles. The molecule has 1 aliphatic rings. The molecule has 0 spiro atoms. The lowest BCUT2D eigenvalue weighted by Crippen LogP contribution is -2.29. The number of ether oxygens (including phenoxy) is 1. The fraction of sp³-hybridized carbons (Fsp3) is 0.120. The average Bonchev–Trinajstić information content (AvgIpc) is 3.13. The number of carbonyl (C=O) groups is 2. The summed E-state index contributed by atoms with van der Waals surface area (Å²) in [7, 11) is 1.43. The summed E-state index contributed by atoms with van der Waals surface area (Å²) in [5, 5.41) is 22.1. The summed E-state index contributed by atoms with van der Waals surface area (Å²) in [4.78, 5) is 37.5. The molecule has 0 bridgehead atoms. The third-order valence-electron chi connectivity index (χ3n) is 5.68. The van der Waals surface area contributed by atoms with E-state index in [1.54, 1.807) is 0 Å². The summed E-state index contributed by atoms with van der Waals surface area (Å²) in [5.74, 6) is -2.38. The van der Waals surface area contributed by atoms with Gasteiger partial charge in [0.1, 0.15) is 11.5 Å². The maximum absolute atomic E-state index is 13.4. The highest BCUT2D eigenvalue weighted by atomic mass is 19.4. The smallest absolute Gasteiger partial charge is 0.416 e. The number of carbonyl (C=O) groups excluding carboxylic acids is 2. The van der Waals surface area contributed by atoms with Gasteiger partial charge in [0.05, 0.1) is 29.2 Å². The Morgan fingerprint density at radius 1 is 1.03 bits per heavy atom. The number of nitro benzene ring substituents is 1. The number of anilines is 1. The van der Waals surface area contributed by atoms with Gasteiger partial charge in [-0.05, 0) is 60.2 Å². The summed E-state index contributed by atoms with van der Waals surface area (Å²) in [5.41, 5.74) is -1.60. The number of halogens is 3. The number of amides is 1. The van der Waals surface area contributed by atoms with Gasteiger partial charge in [0.2, 0.25) is 0 Å². The van der Waals surface area contributed by atoms with Crippen LogP contribution in [0.1, 0.15) is 22.7 Å². The molecule has 1 aliphatic heterocycles. The van der Waals surface area contributed by atoms with Crippen molar-refractivity contribution in [2.75, 3.05) is 12.0 Å². The van der Waals surface area contributed by atoms with Crippen LogP contribution in [-0.4, -0.2) is 28.8 Å². The minimum atomic E-state index is -4.71. The van der Waals surface area contributed by atoms with Crippen molar-refractivity contribution >= 4 is 28.8 Å². The number of non-ortho nitro benzene ring substituents is 1. The lowest BCUT2D eigenvalue weighted by molar-refractivity contribution is -0.384. The van der Waals surface area contributed by atoms with Crippen molar-refractivity contribution in [2.24, 2.45) is 0 Å². The van der Waals surface area contributed by atoms with Crippen molar-refractivity contribution in [2.45, 2.75) is 12.2 Å². The first-order valence-corrected chi connectivity index (χ1v) is 10.4. The molecule has 1 saturated heterocycles. The molecule has 3 aromatic rings. The zero-order chi connectivity index (χ0) is 26.2. The first kappa shape index (κ1) is 24.5. The molecule has 0 saturated carbocycles. The van der Waals surface area contributed by atoms with Gasteiger partial charge in [-0.25, -0.2) is 0 Å². The second kappa shape index (κ2) is 9.17. The quantitative estimate of drug-likeness (QED) is 0.169. The van der Waals surface area contributed by atoms with Crippen LogP contribution in [0.3, 0.4) is 0 Å². The molecule has 3 aromatic carbocycles. The number of nitro groups is 1. The molecule has 36 heavy (non-hydrogen) atoms. The highest BCUT2D eigenvalue weighted by Gasteiger charge is 2.47. The van der Waals surface area contributed by atoms with Gasteiger partial charge in [-0.1, -0.05) is 6.07 Å². The van der Waals surface area contributed by atoms with Gasteiger partial charge in [-0.3, -0.25) is 24.6 Å². The fourth-order valence-electron chi connectivity index (χ4n) is 3.93. The van der Waals surface area contributed by atoms with Crippen LogP contribution in [-0.2, 0) is 15.8 Å².